The number of thioether (sulfide) groups is 1. The van der Waals surface area contributed by atoms with Crippen LogP contribution < -0.4 is 5.73 Å². The first-order chi connectivity index (χ1) is 8.56. The molecule has 0 aromatic carbocycles. The maximum absolute atomic E-state index is 5.93. The van der Waals surface area contributed by atoms with Crippen molar-refractivity contribution >= 4 is 11.8 Å². The van der Waals surface area contributed by atoms with E-state index in [1.54, 1.807) is 0 Å². The molecule has 102 valence electrons. The maximum Gasteiger partial charge on any atom is 0.0948 e. The quantitative estimate of drug-likeness (QED) is 0.892. The summed E-state index contributed by atoms with van der Waals surface area (Å²) in [6.07, 6.45) is 6.63. The van der Waals surface area contributed by atoms with Gasteiger partial charge in [-0.05, 0) is 31.4 Å². The summed E-state index contributed by atoms with van der Waals surface area (Å²) < 4.78 is 2.71. The van der Waals surface area contributed by atoms with Crippen LogP contribution in [-0.2, 0) is 6.54 Å². The van der Waals surface area contributed by atoms with E-state index in [1.165, 1.54) is 24.3 Å². The lowest BCUT2D eigenvalue weighted by Crippen LogP contribution is -2.27. The van der Waals surface area contributed by atoms with Gasteiger partial charge in [0, 0.05) is 35.6 Å². The molecule has 1 saturated heterocycles. The molecule has 2 heterocycles. The van der Waals surface area contributed by atoms with E-state index in [9.17, 15) is 0 Å². The van der Waals surface area contributed by atoms with Crippen LogP contribution in [0.25, 0.3) is 0 Å². The van der Waals surface area contributed by atoms with Gasteiger partial charge in [-0.1, -0.05) is 13.8 Å². The van der Waals surface area contributed by atoms with Crippen LogP contribution in [0.3, 0.4) is 0 Å². The van der Waals surface area contributed by atoms with E-state index in [1.807, 2.05) is 12.5 Å². The van der Waals surface area contributed by atoms with Crippen molar-refractivity contribution in [2.45, 2.75) is 50.8 Å². The Balaban J connectivity index is 2.16. The van der Waals surface area contributed by atoms with E-state index in [4.69, 9.17) is 5.73 Å². The summed E-state index contributed by atoms with van der Waals surface area (Å²) in [4.78, 5) is 4.34. The average Bonchev–Trinajstić information content (AvgIpc) is 2.90. The van der Waals surface area contributed by atoms with Gasteiger partial charge in [0.25, 0.3) is 0 Å². The summed E-state index contributed by atoms with van der Waals surface area (Å²) in [7, 11) is 0. The molecule has 1 aliphatic rings. The van der Waals surface area contributed by atoms with Gasteiger partial charge in [0.15, 0.2) is 0 Å². The van der Waals surface area contributed by atoms with Crippen LogP contribution in [0.4, 0.5) is 0 Å². The molecule has 1 aromatic heterocycles. The van der Waals surface area contributed by atoms with Crippen LogP contribution in [0.2, 0.25) is 0 Å². The van der Waals surface area contributed by atoms with Crippen LogP contribution in [0.1, 0.15) is 45.2 Å². The Bertz CT molecular complexity index is 380. The second kappa shape index (κ2) is 5.66. The second-order valence-corrected chi connectivity index (χ2v) is 7.62. The third kappa shape index (κ3) is 2.91. The molecule has 0 amide bonds. The zero-order valence-electron chi connectivity index (χ0n) is 11.7. The van der Waals surface area contributed by atoms with Crippen molar-refractivity contribution in [3.05, 3.63) is 18.2 Å². The highest BCUT2D eigenvalue weighted by Gasteiger charge is 2.31. The number of nitrogens with two attached hydrogens (primary N) is 1. The molecule has 0 radical (unpaired) electrons. The monoisotopic (exact) mass is 267 g/mol. The third-order valence-electron chi connectivity index (χ3n) is 3.99. The van der Waals surface area contributed by atoms with Crippen molar-refractivity contribution in [3.8, 4) is 0 Å². The Hall–Kier alpha value is -0.480. The van der Waals surface area contributed by atoms with Crippen molar-refractivity contribution < 1.29 is 0 Å². The molecule has 0 aliphatic carbocycles. The summed E-state index contributed by atoms with van der Waals surface area (Å²) in [5.41, 5.74) is 7.24. The Morgan fingerprint density at radius 1 is 1.56 bits per heavy atom. The van der Waals surface area contributed by atoms with Gasteiger partial charge in [-0.15, -0.1) is 0 Å². The largest absolute Gasteiger partial charge is 0.333 e. The predicted octanol–water partition coefficient (Wildman–Crippen LogP) is 2.87. The molecule has 0 bridgehead atoms. The van der Waals surface area contributed by atoms with Gasteiger partial charge in [-0.25, -0.2) is 4.98 Å². The summed E-state index contributed by atoms with van der Waals surface area (Å²) in [6.45, 7) is 8.62. The van der Waals surface area contributed by atoms with Crippen molar-refractivity contribution in [2.24, 2.45) is 11.7 Å². The molecule has 1 aromatic rings. The predicted molar refractivity (Wildman–Crippen MR) is 79.0 cm³/mol. The Kier molecular flexibility index (Phi) is 4.38. The highest BCUT2D eigenvalue weighted by atomic mass is 32.2. The molecule has 1 aliphatic heterocycles. The number of aromatic nitrogens is 2. The summed E-state index contributed by atoms with van der Waals surface area (Å²) in [6, 6.07) is 0. The van der Waals surface area contributed by atoms with Crippen molar-refractivity contribution in [1.29, 1.82) is 0 Å². The molecule has 2 rings (SSSR count). The molecule has 0 spiro atoms. The van der Waals surface area contributed by atoms with Gasteiger partial charge in [-0.2, -0.15) is 11.8 Å². The lowest BCUT2D eigenvalue weighted by Gasteiger charge is -2.27. The minimum Gasteiger partial charge on any atom is -0.333 e. The minimum absolute atomic E-state index is 0.381. The molecule has 0 saturated carbocycles. The first-order valence-corrected chi connectivity index (χ1v) is 7.88. The molecule has 4 heteroatoms. The number of nitrogens with zero attached hydrogens (tertiary/aromatic N) is 2. The zero-order valence-corrected chi connectivity index (χ0v) is 12.5. The van der Waals surface area contributed by atoms with Crippen LogP contribution in [0.15, 0.2) is 12.5 Å². The fourth-order valence-corrected chi connectivity index (χ4v) is 4.13. The second-order valence-electron chi connectivity index (χ2n) is 5.93. The van der Waals surface area contributed by atoms with E-state index in [2.05, 4.69) is 42.1 Å². The molecule has 2 unspecified atom stereocenters. The van der Waals surface area contributed by atoms with Crippen molar-refractivity contribution in [3.63, 3.8) is 0 Å². The van der Waals surface area contributed by atoms with Crippen LogP contribution in [0.5, 0.6) is 0 Å². The van der Waals surface area contributed by atoms with E-state index >= 15 is 0 Å². The normalized spacial score (nSPS) is 25.8. The first-order valence-electron chi connectivity index (χ1n) is 6.90. The molecule has 2 atom stereocenters. The van der Waals surface area contributed by atoms with Crippen molar-refractivity contribution in [2.75, 3.05) is 12.3 Å². The summed E-state index contributed by atoms with van der Waals surface area (Å²) in [5.74, 6) is 2.28. The van der Waals surface area contributed by atoms with E-state index in [0.717, 1.165) is 6.54 Å². The lowest BCUT2D eigenvalue weighted by molar-refractivity contribution is 0.443. The van der Waals surface area contributed by atoms with Gasteiger partial charge in [0.1, 0.15) is 0 Å². The van der Waals surface area contributed by atoms with E-state index < -0.39 is 0 Å². The number of hydrogen-bond acceptors (Lipinski definition) is 3. The van der Waals surface area contributed by atoms with Gasteiger partial charge in [0.05, 0.1) is 6.33 Å². The van der Waals surface area contributed by atoms with Crippen LogP contribution in [-0.4, -0.2) is 26.6 Å². The minimum atomic E-state index is 0.381. The highest BCUT2D eigenvalue weighted by molar-refractivity contribution is 8.00. The van der Waals surface area contributed by atoms with Gasteiger partial charge >= 0.3 is 0 Å². The zero-order chi connectivity index (χ0) is 13.2. The molecular formula is C14H25N3S. The SMILES string of the molecule is CC(C)C(CN)c1cncn1CC1(C)CCCS1. The molecular weight excluding hydrogens is 242 g/mol. The number of rotatable bonds is 5. The number of imidazole rings is 1. The fourth-order valence-electron chi connectivity index (χ4n) is 2.83. The van der Waals surface area contributed by atoms with E-state index in [-0.39, 0.29) is 0 Å². The van der Waals surface area contributed by atoms with Crippen molar-refractivity contribution in [1.82, 2.24) is 9.55 Å². The maximum atomic E-state index is 5.93. The first kappa shape index (κ1) is 13.9. The summed E-state index contributed by atoms with van der Waals surface area (Å²) in [5, 5.41) is 0. The fraction of sp³-hybridized carbons (Fsp3) is 0.786. The average molecular weight is 267 g/mol. The topological polar surface area (TPSA) is 43.8 Å². The van der Waals surface area contributed by atoms with Gasteiger partial charge in [-0.3, -0.25) is 0 Å². The molecule has 1 fully saturated rings. The van der Waals surface area contributed by atoms with E-state index in [0.29, 0.717) is 23.1 Å². The number of hydrogen-bond donors (Lipinski definition) is 1. The van der Waals surface area contributed by atoms with Gasteiger partial charge < -0.3 is 10.3 Å². The highest BCUT2D eigenvalue weighted by Crippen LogP contribution is 2.39. The molecule has 2 N–H and O–H groups in total. The van der Waals surface area contributed by atoms with Gasteiger partial charge in [0.2, 0.25) is 0 Å². The smallest absolute Gasteiger partial charge is 0.0948 e. The Morgan fingerprint density at radius 2 is 2.33 bits per heavy atom. The van der Waals surface area contributed by atoms with Crippen LogP contribution in [0, 0.1) is 5.92 Å². The van der Waals surface area contributed by atoms with Crippen LogP contribution >= 0.6 is 11.8 Å². The lowest BCUT2D eigenvalue weighted by atomic mass is 9.92. The third-order valence-corrected chi connectivity index (χ3v) is 5.51. The Labute approximate surface area is 115 Å². The summed E-state index contributed by atoms with van der Waals surface area (Å²) >= 11 is 2.10. The molecule has 3 nitrogen and oxygen atoms in total. The standard InChI is InChI=1S/C14H25N3S/c1-11(2)12(7-15)13-8-16-10-17(13)9-14(3)5-4-6-18-14/h8,10-12H,4-7,9,15H2,1-3H3. The Morgan fingerprint density at radius 3 is 2.89 bits per heavy atom. The molecule has 18 heavy (non-hydrogen) atoms.